The Morgan fingerprint density at radius 2 is 2.00 bits per heavy atom. The lowest BCUT2D eigenvalue weighted by atomic mass is 9.95. The maximum atomic E-state index is 13.2. The molecule has 5 rings (SSSR count). The van der Waals surface area contributed by atoms with Gasteiger partial charge in [0, 0.05) is 40.0 Å². The zero-order valence-electron chi connectivity index (χ0n) is 20.2. The summed E-state index contributed by atoms with van der Waals surface area (Å²) in [4.78, 5) is 20.0. The summed E-state index contributed by atoms with van der Waals surface area (Å²) in [6.45, 7) is 1.98. The molecule has 11 heteroatoms. The highest BCUT2D eigenvalue weighted by molar-refractivity contribution is 7.15. The summed E-state index contributed by atoms with van der Waals surface area (Å²) in [5.74, 6) is -0.389. The van der Waals surface area contributed by atoms with E-state index in [1.165, 1.54) is 12.5 Å². The molecule has 0 atom stereocenters. The van der Waals surface area contributed by atoms with Crippen LogP contribution in [0.25, 0.3) is 16.2 Å². The van der Waals surface area contributed by atoms with Crippen molar-refractivity contribution >= 4 is 28.6 Å². The molecule has 1 aliphatic carbocycles. The van der Waals surface area contributed by atoms with Crippen molar-refractivity contribution in [1.82, 2.24) is 14.7 Å². The molecule has 194 valence electrons. The highest BCUT2D eigenvalue weighted by Crippen LogP contribution is 2.32. The van der Waals surface area contributed by atoms with Gasteiger partial charge in [0.05, 0.1) is 28.0 Å². The Balaban J connectivity index is 1.44. The van der Waals surface area contributed by atoms with Gasteiger partial charge in [0.15, 0.2) is 5.65 Å². The van der Waals surface area contributed by atoms with E-state index in [2.05, 4.69) is 15.6 Å². The van der Waals surface area contributed by atoms with Crippen LogP contribution in [-0.4, -0.2) is 26.5 Å². The molecule has 1 amide bonds. The van der Waals surface area contributed by atoms with Crippen molar-refractivity contribution in [1.29, 1.82) is 0 Å². The Hall–Kier alpha value is -3.60. The first kappa shape index (κ1) is 25.1. The molecule has 1 fully saturated rings. The Kier molecular flexibility index (Phi) is 6.80. The first-order valence-electron chi connectivity index (χ1n) is 12.1. The van der Waals surface area contributed by atoms with Crippen molar-refractivity contribution in [2.75, 3.05) is 5.32 Å². The largest absolute Gasteiger partial charge is 0.482 e. The molecule has 3 N–H and O–H groups in total. The smallest absolute Gasteiger partial charge is 0.379 e. The van der Waals surface area contributed by atoms with Gasteiger partial charge < -0.3 is 10.6 Å². The third-order valence-corrected chi connectivity index (χ3v) is 7.58. The summed E-state index contributed by atoms with van der Waals surface area (Å²) in [6.07, 6.45) is 5.42. The third kappa shape index (κ3) is 5.41. The van der Waals surface area contributed by atoms with Crippen LogP contribution in [0.15, 0.2) is 48.9 Å². The van der Waals surface area contributed by atoms with Crippen LogP contribution in [0.2, 0.25) is 0 Å². The van der Waals surface area contributed by atoms with Gasteiger partial charge in [-0.2, -0.15) is 13.2 Å². The number of nitrogens with one attached hydrogen (secondary N) is 2. The van der Waals surface area contributed by atoms with Crippen molar-refractivity contribution in [2.45, 2.75) is 57.8 Å². The minimum absolute atomic E-state index is 0.0283. The lowest BCUT2D eigenvalue weighted by Crippen LogP contribution is -2.40. The second-order valence-corrected chi connectivity index (χ2v) is 10.6. The number of aromatic nitrogens is 3. The van der Waals surface area contributed by atoms with Gasteiger partial charge in [-0.05, 0) is 44.0 Å². The van der Waals surface area contributed by atoms with Gasteiger partial charge in [0.25, 0.3) is 5.91 Å². The van der Waals surface area contributed by atoms with Crippen LogP contribution >= 0.6 is 11.3 Å². The van der Waals surface area contributed by atoms with E-state index < -0.39 is 11.9 Å². The maximum Gasteiger partial charge on any atom is 0.482 e. The number of rotatable bonds is 6. The number of pyridine rings is 2. The molecular formula is C26H27F3N5O2S+. The van der Waals surface area contributed by atoms with Gasteiger partial charge in [-0.3, -0.25) is 14.4 Å². The summed E-state index contributed by atoms with van der Waals surface area (Å²) in [5, 5.41) is 16.0. The van der Waals surface area contributed by atoms with E-state index in [1.54, 1.807) is 29.8 Å². The van der Waals surface area contributed by atoms with Gasteiger partial charge >= 0.3 is 11.9 Å². The number of thiophene rings is 1. The summed E-state index contributed by atoms with van der Waals surface area (Å²) in [5.41, 5.74) is 1.89. The standard InChI is InChI=1S/C26H26F3N5O2S/c1-16-7-9-22(37-16)21-13-30-24-20(32-19-5-3-2-4-6-19)11-18(15-33(21)24)25(35)31-12-17-8-10-23(26(27,28)29)34(36)14-17/h7-11,13-15,19,32H,2-6,12H2,1H3,(H-,31,35,36)/p+1. The summed E-state index contributed by atoms with van der Waals surface area (Å²) in [7, 11) is 0. The zero-order chi connectivity index (χ0) is 26.2. The zero-order valence-corrected chi connectivity index (χ0v) is 21.0. The van der Waals surface area contributed by atoms with Crippen LogP contribution in [0.3, 0.4) is 0 Å². The number of hydrogen-bond donors (Lipinski definition) is 3. The molecular weight excluding hydrogens is 503 g/mol. The Morgan fingerprint density at radius 1 is 1.22 bits per heavy atom. The SMILES string of the molecule is Cc1ccc(-c2cnc3c(NC4CCCCC4)cc(C(=O)NCc4ccc(C(F)(F)F)[n+](O)c4)cn23)s1. The highest BCUT2D eigenvalue weighted by atomic mass is 32.1. The molecule has 7 nitrogen and oxygen atoms in total. The predicted molar refractivity (Wildman–Crippen MR) is 134 cm³/mol. The minimum Gasteiger partial charge on any atom is -0.379 e. The lowest BCUT2D eigenvalue weighted by Gasteiger charge is -2.24. The van der Waals surface area contributed by atoms with E-state index in [0.717, 1.165) is 64.7 Å². The number of nitrogens with zero attached hydrogens (tertiary/aromatic N) is 3. The van der Waals surface area contributed by atoms with Crippen molar-refractivity contribution in [2.24, 2.45) is 0 Å². The van der Waals surface area contributed by atoms with E-state index in [4.69, 9.17) is 0 Å². The maximum absolute atomic E-state index is 13.2. The summed E-state index contributed by atoms with van der Waals surface area (Å²) >= 11 is 1.64. The molecule has 1 saturated carbocycles. The monoisotopic (exact) mass is 530 g/mol. The Bertz CT molecular complexity index is 1440. The number of halogens is 3. The number of hydrogen-bond acceptors (Lipinski definition) is 5. The van der Waals surface area contributed by atoms with Crippen LogP contribution in [0.4, 0.5) is 18.9 Å². The average molecular weight is 531 g/mol. The molecule has 0 spiro atoms. The number of carbonyl (C=O) groups is 1. The molecule has 0 radical (unpaired) electrons. The van der Waals surface area contributed by atoms with E-state index in [9.17, 15) is 23.2 Å². The molecule has 37 heavy (non-hydrogen) atoms. The van der Waals surface area contributed by atoms with Crippen LogP contribution in [0.5, 0.6) is 0 Å². The van der Waals surface area contributed by atoms with Crippen molar-refractivity contribution < 1.29 is 27.9 Å². The number of fused-ring (bicyclic) bond motifs is 1. The summed E-state index contributed by atoms with van der Waals surface area (Å²) in [6, 6.07) is 8.14. The minimum atomic E-state index is -4.68. The van der Waals surface area contributed by atoms with Gasteiger partial charge in [-0.1, -0.05) is 19.3 Å². The van der Waals surface area contributed by atoms with Gasteiger partial charge in [-0.15, -0.1) is 11.3 Å². The highest BCUT2D eigenvalue weighted by Gasteiger charge is 2.42. The van der Waals surface area contributed by atoms with Crippen LogP contribution in [-0.2, 0) is 12.7 Å². The molecule has 1 aliphatic rings. The first-order valence-corrected chi connectivity index (χ1v) is 12.9. The number of aryl methyl sites for hydroxylation is 1. The Morgan fingerprint density at radius 3 is 2.68 bits per heavy atom. The molecule has 0 aromatic carbocycles. The topological polar surface area (TPSA) is 82.5 Å². The number of anilines is 1. The van der Waals surface area contributed by atoms with Crippen LogP contribution < -0.4 is 15.4 Å². The number of alkyl halides is 3. The molecule has 0 bridgehead atoms. The van der Waals surface area contributed by atoms with Crippen molar-refractivity contribution in [3.8, 4) is 10.6 Å². The quantitative estimate of drug-likeness (QED) is 0.224. The van der Waals surface area contributed by atoms with Crippen molar-refractivity contribution in [3.05, 3.63) is 70.6 Å². The molecule has 0 unspecified atom stereocenters. The fourth-order valence-electron chi connectivity index (χ4n) is 4.68. The lowest BCUT2D eigenvalue weighted by molar-refractivity contribution is -0.915. The van der Waals surface area contributed by atoms with Crippen LogP contribution in [0, 0.1) is 6.92 Å². The second-order valence-electron chi connectivity index (χ2n) is 9.32. The first-order chi connectivity index (χ1) is 17.7. The van der Waals surface area contributed by atoms with Gasteiger partial charge in [0.2, 0.25) is 6.20 Å². The molecule has 0 aliphatic heterocycles. The fraction of sp³-hybridized carbons (Fsp3) is 0.346. The predicted octanol–water partition coefficient (Wildman–Crippen LogP) is 5.59. The molecule has 4 heterocycles. The molecule has 4 aromatic heterocycles. The van der Waals surface area contributed by atoms with E-state index in [-0.39, 0.29) is 17.2 Å². The van der Waals surface area contributed by atoms with Gasteiger partial charge in [0.1, 0.15) is 0 Å². The second kappa shape index (κ2) is 10.0. The van der Waals surface area contributed by atoms with E-state index in [1.807, 2.05) is 23.5 Å². The van der Waals surface area contributed by atoms with Crippen LogP contribution in [0.1, 0.15) is 58.6 Å². The fourth-order valence-corrected chi connectivity index (χ4v) is 5.56. The normalized spacial score (nSPS) is 14.7. The average Bonchev–Trinajstić information content (AvgIpc) is 3.48. The molecule has 0 saturated heterocycles. The van der Waals surface area contributed by atoms with E-state index in [0.29, 0.717) is 17.2 Å². The number of amides is 1. The van der Waals surface area contributed by atoms with E-state index >= 15 is 0 Å². The number of imidazole rings is 1. The number of carbonyl (C=O) groups excluding carboxylic acids is 1. The van der Waals surface area contributed by atoms with Crippen molar-refractivity contribution in [3.63, 3.8) is 0 Å². The third-order valence-electron chi connectivity index (χ3n) is 6.56. The van der Waals surface area contributed by atoms with Gasteiger partial charge in [-0.25, -0.2) is 4.98 Å². The molecule has 4 aromatic rings. The Labute approximate surface area is 215 Å². The summed E-state index contributed by atoms with van der Waals surface area (Å²) < 4.78 is 40.7.